The van der Waals surface area contributed by atoms with E-state index in [1.54, 1.807) is 4.90 Å². The van der Waals surface area contributed by atoms with Gasteiger partial charge in [-0.1, -0.05) is 48.0 Å². The molecule has 5 nitrogen and oxygen atoms in total. The number of nitrogens with zero attached hydrogens (tertiary/aromatic N) is 1. The predicted molar refractivity (Wildman–Crippen MR) is 102 cm³/mol. The van der Waals surface area contributed by atoms with Gasteiger partial charge in [0, 0.05) is 13.0 Å². The second kappa shape index (κ2) is 8.71. The summed E-state index contributed by atoms with van der Waals surface area (Å²) in [6, 6.07) is 17.5. The van der Waals surface area contributed by atoms with Crippen LogP contribution in [0, 0.1) is 12.8 Å². The fourth-order valence-electron chi connectivity index (χ4n) is 3.23. The molecule has 0 radical (unpaired) electrons. The van der Waals surface area contributed by atoms with Crippen molar-refractivity contribution in [1.82, 2.24) is 4.90 Å². The Morgan fingerprint density at radius 3 is 2.52 bits per heavy atom. The molecule has 2 atom stereocenters. The molecule has 0 aromatic heterocycles. The number of benzene rings is 2. The molecule has 1 aliphatic heterocycles. The van der Waals surface area contributed by atoms with E-state index in [-0.39, 0.29) is 30.9 Å². The van der Waals surface area contributed by atoms with Crippen molar-refractivity contribution in [1.29, 1.82) is 0 Å². The van der Waals surface area contributed by atoms with Crippen molar-refractivity contribution in [2.75, 3.05) is 19.8 Å². The Kier molecular flexibility index (Phi) is 6.12. The fraction of sp³-hybridized carbons (Fsp3) is 0.364. The molecule has 1 saturated heterocycles. The summed E-state index contributed by atoms with van der Waals surface area (Å²) in [4.78, 5) is 26.4. The smallest absolute Gasteiger partial charge is 0.311 e. The van der Waals surface area contributed by atoms with E-state index in [1.165, 1.54) is 0 Å². The quantitative estimate of drug-likeness (QED) is 0.555. The highest BCUT2D eigenvalue weighted by molar-refractivity contribution is 5.87. The summed E-state index contributed by atoms with van der Waals surface area (Å²) in [6.45, 7) is 4.85. The molecular weight excluding hydrogens is 342 g/mol. The topological polar surface area (TPSA) is 55.8 Å². The highest BCUT2D eigenvalue weighted by Gasteiger charge is 2.37. The van der Waals surface area contributed by atoms with E-state index in [1.807, 2.05) is 68.4 Å². The minimum Gasteiger partial charge on any atom is -0.490 e. The monoisotopic (exact) mass is 367 g/mol. The number of likely N-dealkylation sites (tertiary alicyclic amines) is 1. The lowest BCUT2D eigenvalue weighted by Gasteiger charge is -2.25. The molecule has 1 fully saturated rings. The zero-order valence-electron chi connectivity index (χ0n) is 15.8. The van der Waals surface area contributed by atoms with Crippen molar-refractivity contribution >= 4 is 11.9 Å². The minimum absolute atomic E-state index is 0.00999. The molecule has 0 spiro atoms. The van der Waals surface area contributed by atoms with Crippen molar-refractivity contribution in [3.63, 3.8) is 0 Å². The molecule has 27 heavy (non-hydrogen) atoms. The number of aryl methyl sites for hydroxylation is 1. The molecule has 1 heterocycles. The standard InChI is InChI=1S/C22H25NO4/c1-16-8-10-20(11-9-16)26-12-13-27-22(25)19-14-21(24)23(15-19)17(2)18-6-4-3-5-7-18/h3-11,17,19H,12-15H2,1-2H3/t17-,19-/m0/s1. The van der Waals surface area contributed by atoms with E-state index >= 15 is 0 Å². The molecule has 0 aliphatic carbocycles. The predicted octanol–water partition coefficient (Wildman–Crippen LogP) is 3.53. The largest absolute Gasteiger partial charge is 0.490 e. The van der Waals surface area contributed by atoms with Gasteiger partial charge in [0.2, 0.25) is 5.91 Å². The Balaban J connectivity index is 1.45. The van der Waals surface area contributed by atoms with Gasteiger partial charge in [0.15, 0.2) is 0 Å². The third-order valence-electron chi connectivity index (χ3n) is 4.86. The van der Waals surface area contributed by atoms with Gasteiger partial charge in [-0.25, -0.2) is 0 Å². The molecule has 142 valence electrons. The van der Waals surface area contributed by atoms with Crippen LogP contribution in [-0.2, 0) is 14.3 Å². The van der Waals surface area contributed by atoms with Crippen LogP contribution in [0.3, 0.4) is 0 Å². The van der Waals surface area contributed by atoms with Gasteiger partial charge in [0.25, 0.3) is 0 Å². The average molecular weight is 367 g/mol. The lowest BCUT2D eigenvalue weighted by Crippen LogP contribution is -2.29. The SMILES string of the molecule is Cc1ccc(OCCOC(=O)[C@H]2CC(=O)N([C@@H](C)c3ccccc3)C2)cc1. The lowest BCUT2D eigenvalue weighted by atomic mass is 10.1. The van der Waals surface area contributed by atoms with Crippen LogP contribution in [0.15, 0.2) is 54.6 Å². The summed E-state index contributed by atoms with van der Waals surface area (Å²) in [6.07, 6.45) is 0.203. The average Bonchev–Trinajstić information content (AvgIpc) is 3.08. The summed E-state index contributed by atoms with van der Waals surface area (Å²) < 4.78 is 10.9. The normalized spacial score (nSPS) is 17.6. The van der Waals surface area contributed by atoms with Gasteiger partial charge >= 0.3 is 5.97 Å². The Morgan fingerprint density at radius 2 is 1.81 bits per heavy atom. The molecule has 0 saturated carbocycles. The van der Waals surface area contributed by atoms with Gasteiger partial charge in [-0.3, -0.25) is 9.59 Å². The highest BCUT2D eigenvalue weighted by atomic mass is 16.6. The first-order chi connectivity index (χ1) is 13.0. The first kappa shape index (κ1) is 19.0. The summed E-state index contributed by atoms with van der Waals surface area (Å²) in [5.74, 6) is -0.0126. The number of rotatable bonds is 7. The second-order valence-corrected chi connectivity index (χ2v) is 6.86. The van der Waals surface area contributed by atoms with Crippen molar-refractivity contribution in [3.8, 4) is 5.75 Å². The van der Waals surface area contributed by atoms with Crippen molar-refractivity contribution in [2.24, 2.45) is 5.92 Å². The number of esters is 1. The van der Waals surface area contributed by atoms with Crippen LogP contribution in [0.5, 0.6) is 5.75 Å². The third kappa shape index (κ3) is 4.88. The van der Waals surface area contributed by atoms with Crippen molar-refractivity contribution in [3.05, 3.63) is 65.7 Å². The Labute approximate surface area is 159 Å². The molecule has 0 bridgehead atoms. The van der Waals surface area contributed by atoms with Crippen LogP contribution >= 0.6 is 0 Å². The van der Waals surface area contributed by atoms with Crippen LogP contribution in [0.2, 0.25) is 0 Å². The molecule has 3 rings (SSSR count). The molecule has 2 aromatic rings. The summed E-state index contributed by atoms with van der Waals surface area (Å²) in [5, 5.41) is 0. The molecule has 0 N–H and O–H groups in total. The number of hydrogen-bond acceptors (Lipinski definition) is 4. The number of amides is 1. The van der Waals surface area contributed by atoms with Crippen LogP contribution in [0.25, 0.3) is 0 Å². The summed E-state index contributed by atoms with van der Waals surface area (Å²) >= 11 is 0. The number of carbonyl (C=O) groups excluding carboxylic acids is 2. The maximum absolute atomic E-state index is 12.3. The van der Waals surface area contributed by atoms with Crippen molar-refractivity contribution < 1.29 is 19.1 Å². The highest BCUT2D eigenvalue weighted by Crippen LogP contribution is 2.28. The first-order valence-corrected chi connectivity index (χ1v) is 9.25. The van der Waals surface area contributed by atoms with Gasteiger partial charge < -0.3 is 14.4 Å². The number of hydrogen-bond donors (Lipinski definition) is 0. The summed E-state index contributed by atoms with van der Waals surface area (Å²) in [5.41, 5.74) is 2.22. The van der Waals surface area contributed by atoms with Crippen LogP contribution < -0.4 is 4.74 Å². The molecule has 5 heteroatoms. The Morgan fingerprint density at radius 1 is 1.11 bits per heavy atom. The number of ether oxygens (including phenoxy) is 2. The van der Waals surface area contributed by atoms with E-state index < -0.39 is 5.92 Å². The van der Waals surface area contributed by atoms with Gasteiger partial charge in [-0.05, 0) is 31.5 Å². The van der Waals surface area contributed by atoms with Crippen LogP contribution in [0.1, 0.15) is 30.5 Å². The first-order valence-electron chi connectivity index (χ1n) is 9.25. The fourth-order valence-corrected chi connectivity index (χ4v) is 3.23. The van der Waals surface area contributed by atoms with Gasteiger partial charge in [0.05, 0.1) is 12.0 Å². The Bertz CT molecular complexity index is 773. The molecular formula is C22H25NO4. The Hall–Kier alpha value is -2.82. The van der Waals surface area contributed by atoms with E-state index in [4.69, 9.17) is 9.47 Å². The van der Waals surface area contributed by atoms with Gasteiger partial charge in [0.1, 0.15) is 19.0 Å². The van der Waals surface area contributed by atoms with Gasteiger partial charge in [-0.2, -0.15) is 0 Å². The second-order valence-electron chi connectivity index (χ2n) is 6.86. The molecule has 0 unspecified atom stereocenters. The van der Waals surface area contributed by atoms with Crippen LogP contribution in [0.4, 0.5) is 0 Å². The third-order valence-corrected chi connectivity index (χ3v) is 4.86. The van der Waals surface area contributed by atoms with E-state index in [9.17, 15) is 9.59 Å². The summed E-state index contributed by atoms with van der Waals surface area (Å²) in [7, 11) is 0. The zero-order valence-corrected chi connectivity index (χ0v) is 15.8. The van der Waals surface area contributed by atoms with E-state index in [0.29, 0.717) is 13.2 Å². The van der Waals surface area contributed by atoms with Crippen molar-refractivity contribution in [2.45, 2.75) is 26.3 Å². The molecule has 1 amide bonds. The van der Waals surface area contributed by atoms with Gasteiger partial charge in [-0.15, -0.1) is 0 Å². The number of carbonyl (C=O) groups is 2. The lowest BCUT2D eigenvalue weighted by molar-refractivity contribution is -0.149. The minimum atomic E-state index is -0.414. The van der Waals surface area contributed by atoms with E-state index in [0.717, 1.165) is 16.9 Å². The molecule has 2 aromatic carbocycles. The van der Waals surface area contributed by atoms with E-state index in [2.05, 4.69) is 0 Å². The maximum Gasteiger partial charge on any atom is 0.311 e. The van der Waals surface area contributed by atoms with Crippen LogP contribution in [-0.4, -0.2) is 36.5 Å². The maximum atomic E-state index is 12.3. The molecule has 1 aliphatic rings. The zero-order chi connectivity index (χ0) is 19.2.